The van der Waals surface area contributed by atoms with Gasteiger partial charge in [-0.2, -0.15) is 0 Å². The maximum atomic E-state index is 10.7. The SMILES string of the molecule is Cc1ccc(OC(CC(=O)O)C(=O)O)cc1. The van der Waals surface area contributed by atoms with E-state index in [-0.39, 0.29) is 0 Å². The minimum Gasteiger partial charge on any atom is -0.481 e. The highest BCUT2D eigenvalue weighted by molar-refractivity contribution is 5.79. The molecule has 2 N–H and O–H groups in total. The molecule has 0 aliphatic carbocycles. The van der Waals surface area contributed by atoms with E-state index in [1.54, 1.807) is 24.3 Å². The van der Waals surface area contributed by atoms with Gasteiger partial charge in [-0.1, -0.05) is 17.7 Å². The predicted octanol–water partition coefficient (Wildman–Crippen LogP) is 1.30. The molecule has 0 aliphatic heterocycles. The Kier molecular flexibility index (Phi) is 3.88. The summed E-state index contributed by atoms with van der Waals surface area (Å²) in [4.78, 5) is 21.1. The van der Waals surface area contributed by atoms with E-state index in [4.69, 9.17) is 14.9 Å². The number of aliphatic carboxylic acids is 2. The zero-order chi connectivity index (χ0) is 12.1. The van der Waals surface area contributed by atoms with Crippen molar-refractivity contribution in [3.63, 3.8) is 0 Å². The van der Waals surface area contributed by atoms with Crippen LogP contribution in [0.25, 0.3) is 0 Å². The fraction of sp³-hybridized carbons (Fsp3) is 0.273. The van der Waals surface area contributed by atoms with Crippen LogP contribution in [0.4, 0.5) is 0 Å². The largest absolute Gasteiger partial charge is 0.481 e. The first-order valence-electron chi connectivity index (χ1n) is 4.67. The van der Waals surface area contributed by atoms with Crippen LogP contribution in [0.5, 0.6) is 5.75 Å². The first kappa shape index (κ1) is 12.0. The molecule has 0 amide bonds. The number of hydrogen-bond acceptors (Lipinski definition) is 3. The molecular formula is C11H12O5. The summed E-state index contributed by atoms with van der Waals surface area (Å²) in [6.45, 7) is 1.88. The number of rotatable bonds is 5. The molecule has 16 heavy (non-hydrogen) atoms. The molecule has 1 atom stereocenters. The van der Waals surface area contributed by atoms with Gasteiger partial charge in [-0.05, 0) is 19.1 Å². The Hall–Kier alpha value is -2.04. The van der Waals surface area contributed by atoms with E-state index in [0.29, 0.717) is 5.75 Å². The number of carboxylic acids is 2. The summed E-state index contributed by atoms with van der Waals surface area (Å²) < 4.78 is 5.06. The topological polar surface area (TPSA) is 83.8 Å². The molecule has 0 heterocycles. The highest BCUT2D eigenvalue weighted by atomic mass is 16.5. The van der Waals surface area contributed by atoms with Crippen molar-refractivity contribution in [3.8, 4) is 5.75 Å². The summed E-state index contributed by atoms with van der Waals surface area (Å²) in [5.41, 5.74) is 1.01. The monoisotopic (exact) mass is 224 g/mol. The number of carboxylic acid groups (broad SMARTS) is 2. The molecule has 5 heteroatoms. The Labute approximate surface area is 92.3 Å². The van der Waals surface area contributed by atoms with Crippen molar-refractivity contribution in [1.82, 2.24) is 0 Å². The van der Waals surface area contributed by atoms with E-state index >= 15 is 0 Å². The minimum atomic E-state index is -1.36. The highest BCUT2D eigenvalue weighted by Crippen LogP contribution is 2.14. The van der Waals surface area contributed by atoms with Crippen LogP contribution in [0, 0.1) is 6.92 Å². The Balaban J connectivity index is 2.71. The van der Waals surface area contributed by atoms with E-state index in [1.807, 2.05) is 6.92 Å². The Morgan fingerprint density at radius 1 is 1.25 bits per heavy atom. The van der Waals surface area contributed by atoms with Crippen LogP contribution in [0.15, 0.2) is 24.3 Å². The zero-order valence-corrected chi connectivity index (χ0v) is 8.71. The van der Waals surface area contributed by atoms with Crippen LogP contribution in [-0.2, 0) is 9.59 Å². The van der Waals surface area contributed by atoms with Crippen molar-refractivity contribution in [3.05, 3.63) is 29.8 Å². The van der Waals surface area contributed by atoms with Crippen LogP contribution in [0.3, 0.4) is 0 Å². The van der Waals surface area contributed by atoms with Crippen LogP contribution in [0.2, 0.25) is 0 Å². The van der Waals surface area contributed by atoms with Gasteiger partial charge in [0.2, 0.25) is 6.10 Å². The Morgan fingerprint density at radius 3 is 2.25 bits per heavy atom. The zero-order valence-electron chi connectivity index (χ0n) is 8.71. The molecule has 1 rings (SSSR count). The number of ether oxygens (including phenoxy) is 1. The van der Waals surface area contributed by atoms with Gasteiger partial charge >= 0.3 is 11.9 Å². The summed E-state index contributed by atoms with van der Waals surface area (Å²) in [7, 11) is 0. The summed E-state index contributed by atoms with van der Waals surface area (Å²) in [5, 5.41) is 17.3. The molecule has 0 radical (unpaired) electrons. The molecule has 0 fully saturated rings. The second-order valence-corrected chi connectivity index (χ2v) is 3.36. The second-order valence-electron chi connectivity index (χ2n) is 3.36. The molecule has 5 nitrogen and oxygen atoms in total. The van der Waals surface area contributed by atoms with Crippen molar-refractivity contribution < 1.29 is 24.5 Å². The molecule has 0 spiro atoms. The van der Waals surface area contributed by atoms with E-state index < -0.39 is 24.5 Å². The van der Waals surface area contributed by atoms with Crippen LogP contribution < -0.4 is 4.74 Å². The predicted molar refractivity (Wildman–Crippen MR) is 55.5 cm³/mol. The minimum absolute atomic E-state index is 0.347. The average molecular weight is 224 g/mol. The fourth-order valence-electron chi connectivity index (χ4n) is 1.12. The van der Waals surface area contributed by atoms with Crippen molar-refractivity contribution >= 4 is 11.9 Å². The smallest absolute Gasteiger partial charge is 0.345 e. The number of aryl methyl sites for hydroxylation is 1. The Morgan fingerprint density at radius 2 is 1.81 bits per heavy atom. The van der Waals surface area contributed by atoms with E-state index in [0.717, 1.165) is 5.56 Å². The van der Waals surface area contributed by atoms with E-state index in [2.05, 4.69) is 0 Å². The third-order valence-electron chi connectivity index (χ3n) is 1.93. The van der Waals surface area contributed by atoms with Gasteiger partial charge in [-0.25, -0.2) is 4.79 Å². The molecule has 1 aromatic rings. The standard InChI is InChI=1S/C11H12O5/c1-7-2-4-8(5-3-7)16-9(11(14)15)6-10(12)13/h2-5,9H,6H2,1H3,(H,12,13)(H,14,15). The average Bonchev–Trinajstić information content (AvgIpc) is 2.19. The van der Waals surface area contributed by atoms with Crippen molar-refractivity contribution in [1.29, 1.82) is 0 Å². The van der Waals surface area contributed by atoms with Crippen molar-refractivity contribution in [2.75, 3.05) is 0 Å². The molecule has 1 aromatic carbocycles. The second kappa shape index (κ2) is 5.16. The Bertz CT molecular complexity index is 382. The van der Waals surface area contributed by atoms with Gasteiger partial charge in [0.05, 0.1) is 6.42 Å². The van der Waals surface area contributed by atoms with Gasteiger partial charge in [0, 0.05) is 0 Å². The third kappa shape index (κ3) is 3.61. The molecule has 0 aliphatic rings. The molecular weight excluding hydrogens is 212 g/mol. The first-order valence-corrected chi connectivity index (χ1v) is 4.67. The van der Waals surface area contributed by atoms with Gasteiger partial charge in [0.1, 0.15) is 5.75 Å². The van der Waals surface area contributed by atoms with Gasteiger partial charge < -0.3 is 14.9 Å². The highest BCUT2D eigenvalue weighted by Gasteiger charge is 2.22. The molecule has 0 bridgehead atoms. The molecule has 1 unspecified atom stereocenters. The normalized spacial score (nSPS) is 11.8. The summed E-state index contributed by atoms with van der Waals surface area (Å²) >= 11 is 0. The molecule has 0 saturated carbocycles. The lowest BCUT2D eigenvalue weighted by Gasteiger charge is -2.13. The third-order valence-corrected chi connectivity index (χ3v) is 1.93. The van der Waals surface area contributed by atoms with Gasteiger partial charge in [0.15, 0.2) is 0 Å². The van der Waals surface area contributed by atoms with E-state index in [9.17, 15) is 9.59 Å². The number of hydrogen-bond donors (Lipinski definition) is 2. The van der Waals surface area contributed by atoms with Crippen molar-refractivity contribution in [2.24, 2.45) is 0 Å². The maximum absolute atomic E-state index is 10.7. The van der Waals surface area contributed by atoms with Gasteiger partial charge in [-0.3, -0.25) is 4.79 Å². The lowest BCUT2D eigenvalue weighted by Crippen LogP contribution is -2.29. The molecule has 0 saturated heterocycles. The maximum Gasteiger partial charge on any atom is 0.345 e. The number of benzene rings is 1. The lowest BCUT2D eigenvalue weighted by molar-refractivity contribution is -0.151. The van der Waals surface area contributed by atoms with Crippen LogP contribution >= 0.6 is 0 Å². The van der Waals surface area contributed by atoms with Crippen molar-refractivity contribution in [2.45, 2.75) is 19.4 Å². The van der Waals surface area contributed by atoms with Crippen LogP contribution in [-0.4, -0.2) is 28.3 Å². The van der Waals surface area contributed by atoms with E-state index in [1.165, 1.54) is 0 Å². The molecule has 0 aromatic heterocycles. The number of carbonyl (C=O) groups is 2. The lowest BCUT2D eigenvalue weighted by atomic mass is 10.2. The fourth-order valence-corrected chi connectivity index (χ4v) is 1.12. The summed E-state index contributed by atoms with van der Waals surface area (Å²) in [6.07, 6.45) is -1.93. The van der Waals surface area contributed by atoms with Crippen LogP contribution in [0.1, 0.15) is 12.0 Å². The quantitative estimate of drug-likeness (QED) is 0.787. The summed E-state index contributed by atoms with van der Waals surface area (Å²) in [5.74, 6) is -2.15. The molecule has 86 valence electrons. The summed E-state index contributed by atoms with van der Waals surface area (Å²) in [6, 6.07) is 6.73. The van der Waals surface area contributed by atoms with Gasteiger partial charge in [-0.15, -0.1) is 0 Å². The first-order chi connectivity index (χ1) is 7.49. The van der Waals surface area contributed by atoms with Gasteiger partial charge in [0.25, 0.3) is 0 Å².